The molecule has 6 nitrogen and oxygen atoms in total. The van der Waals surface area contributed by atoms with Crippen LogP contribution in [0.4, 0.5) is 5.88 Å². The summed E-state index contributed by atoms with van der Waals surface area (Å²) in [5, 5.41) is 24.3. The van der Waals surface area contributed by atoms with Crippen molar-refractivity contribution in [1.29, 1.82) is 5.26 Å². The van der Waals surface area contributed by atoms with Crippen molar-refractivity contribution in [3.8, 4) is 40.0 Å². The predicted octanol–water partition coefficient (Wildman–Crippen LogP) is 6.80. The number of nitrogens with one attached hydrogen (secondary N) is 1. The number of nitriles is 1. The third kappa shape index (κ3) is 5.32. The van der Waals surface area contributed by atoms with Crippen LogP contribution in [-0.4, -0.2) is 30.2 Å². The van der Waals surface area contributed by atoms with Crippen molar-refractivity contribution in [2.45, 2.75) is 32.4 Å². The Morgan fingerprint density at radius 3 is 2.30 bits per heavy atom. The first-order valence-corrected chi connectivity index (χ1v) is 12.7. The summed E-state index contributed by atoms with van der Waals surface area (Å²) in [4.78, 5) is 2.37. The number of benzene rings is 3. The molecule has 0 unspecified atom stereocenters. The van der Waals surface area contributed by atoms with E-state index in [9.17, 15) is 10.4 Å². The van der Waals surface area contributed by atoms with Crippen LogP contribution in [0.15, 0.2) is 77.2 Å². The maximum Gasteiger partial charge on any atom is 0.212 e. The molecule has 3 aromatic carbocycles. The number of likely N-dealkylation sites (tertiary alicyclic amines) is 1. The topological polar surface area (TPSA) is 81.7 Å². The molecule has 5 rings (SSSR count). The van der Waals surface area contributed by atoms with Crippen LogP contribution in [0.3, 0.4) is 0 Å². The smallest absolute Gasteiger partial charge is 0.212 e. The van der Waals surface area contributed by atoms with Gasteiger partial charge in [-0.1, -0.05) is 67.1 Å². The number of hydrogen-bond donors (Lipinski definition) is 2. The molecule has 2 N–H and O–H groups in total. The fraction of sp³-hybridized carbons (Fsp3) is 0.258. The Hall–Kier alpha value is -4.21. The largest absolute Gasteiger partial charge is 0.504 e. The Morgan fingerprint density at radius 2 is 1.65 bits per heavy atom. The molecule has 0 radical (unpaired) electrons. The zero-order chi connectivity index (χ0) is 25.6. The van der Waals surface area contributed by atoms with Gasteiger partial charge in [0.1, 0.15) is 17.4 Å². The van der Waals surface area contributed by atoms with Gasteiger partial charge in [-0.3, -0.25) is 4.90 Å². The number of nitrogens with zero attached hydrogens (tertiary/aromatic N) is 2. The van der Waals surface area contributed by atoms with Gasteiger partial charge in [-0.15, -0.1) is 0 Å². The van der Waals surface area contributed by atoms with Gasteiger partial charge in [0.15, 0.2) is 11.5 Å². The standard InChI is InChI=1S/C31H31N3O3/c1-36-27-18-22(17-25(29(27)35)21-34-15-9-4-10-16-34)20-33-31-26(19-32)28(23-11-5-2-6-12-23)30(37-31)24-13-7-3-8-14-24/h2-3,5-8,11-14,17-18,33,35H,4,9-10,15-16,20-21H2,1H3. The minimum atomic E-state index is 0.185. The molecule has 188 valence electrons. The lowest BCUT2D eigenvalue weighted by molar-refractivity contribution is 0.217. The molecular weight excluding hydrogens is 462 g/mol. The number of methoxy groups -OCH3 is 1. The molecule has 1 fully saturated rings. The lowest BCUT2D eigenvalue weighted by Crippen LogP contribution is -2.29. The van der Waals surface area contributed by atoms with Gasteiger partial charge in [-0.05, 0) is 49.2 Å². The summed E-state index contributed by atoms with van der Waals surface area (Å²) >= 11 is 0. The molecule has 1 aliphatic heterocycles. The number of rotatable bonds is 8. The first-order valence-electron chi connectivity index (χ1n) is 12.7. The van der Waals surface area contributed by atoms with Crippen LogP contribution in [0.2, 0.25) is 0 Å². The van der Waals surface area contributed by atoms with Crippen LogP contribution in [0.25, 0.3) is 22.5 Å². The average Bonchev–Trinajstić information content (AvgIpc) is 3.33. The number of ether oxygens (including phenoxy) is 1. The molecule has 1 aromatic heterocycles. The summed E-state index contributed by atoms with van der Waals surface area (Å²) in [7, 11) is 1.57. The van der Waals surface area contributed by atoms with Gasteiger partial charge >= 0.3 is 0 Å². The zero-order valence-electron chi connectivity index (χ0n) is 21.0. The first-order chi connectivity index (χ1) is 18.2. The van der Waals surface area contributed by atoms with Gasteiger partial charge in [-0.2, -0.15) is 5.26 Å². The fourth-order valence-corrected chi connectivity index (χ4v) is 4.98. The van der Waals surface area contributed by atoms with Crippen molar-refractivity contribution < 1.29 is 14.3 Å². The second-order valence-electron chi connectivity index (χ2n) is 9.35. The van der Waals surface area contributed by atoms with E-state index >= 15 is 0 Å². The normalized spacial score (nSPS) is 13.7. The molecule has 2 heterocycles. The monoisotopic (exact) mass is 493 g/mol. The van der Waals surface area contributed by atoms with Crippen LogP contribution in [0.1, 0.15) is 36.0 Å². The quantitative estimate of drug-likeness (QED) is 0.281. The minimum absolute atomic E-state index is 0.185. The SMILES string of the molecule is COc1cc(CNc2oc(-c3ccccc3)c(-c3ccccc3)c2C#N)cc(CN2CCCCC2)c1O. The first kappa shape index (κ1) is 24.5. The lowest BCUT2D eigenvalue weighted by Gasteiger charge is -2.27. The van der Waals surface area contributed by atoms with Gasteiger partial charge < -0.3 is 19.6 Å². The third-order valence-electron chi connectivity index (χ3n) is 6.85. The highest BCUT2D eigenvalue weighted by molar-refractivity contribution is 5.88. The molecule has 6 heteroatoms. The highest BCUT2D eigenvalue weighted by Gasteiger charge is 2.23. The number of furan rings is 1. The number of piperidine rings is 1. The zero-order valence-corrected chi connectivity index (χ0v) is 21.0. The molecule has 0 saturated carbocycles. The van der Waals surface area contributed by atoms with Gasteiger partial charge in [0, 0.05) is 29.8 Å². The maximum atomic E-state index is 10.8. The van der Waals surface area contributed by atoms with Crippen LogP contribution in [-0.2, 0) is 13.1 Å². The van der Waals surface area contributed by atoms with Gasteiger partial charge in [-0.25, -0.2) is 0 Å². The Bertz CT molecular complexity index is 1380. The Balaban J connectivity index is 1.47. The van der Waals surface area contributed by atoms with E-state index in [-0.39, 0.29) is 5.75 Å². The minimum Gasteiger partial charge on any atom is -0.504 e. The molecular formula is C31H31N3O3. The summed E-state index contributed by atoms with van der Waals surface area (Å²) in [6.45, 7) is 3.16. The van der Waals surface area contributed by atoms with E-state index in [2.05, 4.69) is 16.3 Å². The van der Waals surface area contributed by atoms with E-state index in [0.29, 0.717) is 36.0 Å². The molecule has 37 heavy (non-hydrogen) atoms. The average molecular weight is 494 g/mol. The molecule has 0 aliphatic carbocycles. The lowest BCUT2D eigenvalue weighted by atomic mass is 9.98. The Kier molecular flexibility index (Phi) is 7.43. The van der Waals surface area contributed by atoms with Crippen molar-refractivity contribution in [2.75, 3.05) is 25.5 Å². The summed E-state index contributed by atoms with van der Waals surface area (Å²) in [6.07, 6.45) is 3.63. The van der Waals surface area contributed by atoms with Gasteiger partial charge in [0.2, 0.25) is 5.88 Å². The van der Waals surface area contributed by atoms with Gasteiger partial charge in [0.25, 0.3) is 0 Å². The van der Waals surface area contributed by atoms with Crippen LogP contribution < -0.4 is 10.1 Å². The van der Waals surface area contributed by atoms with E-state index in [4.69, 9.17) is 9.15 Å². The summed E-state index contributed by atoms with van der Waals surface area (Å²) in [5.41, 5.74) is 4.83. The summed E-state index contributed by atoms with van der Waals surface area (Å²) in [5.74, 6) is 1.70. The molecule has 0 bridgehead atoms. The second kappa shape index (κ2) is 11.2. The van der Waals surface area contributed by atoms with E-state index in [1.807, 2.05) is 72.8 Å². The third-order valence-corrected chi connectivity index (χ3v) is 6.85. The second-order valence-corrected chi connectivity index (χ2v) is 9.35. The molecule has 1 saturated heterocycles. The van der Waals surface area contributed by atoms with Crippen LogP contribution >= 0.6 is 0 Å². The Morgan fingerprint density at radius 1 is 0.973 bits per heavy atom. The highest BCUT2D eigenvalue weighted by Crippen LogP contribution is 2.41. The number of aromatic hydroxyl groups is 1. The maximum absolute atomic E-state index is 10.8. The predicted molar refractivity (Wildman–Crippen MR) is 145 cm³/mol. The fourth-order valence-electron chi connectivity index (χ4n) is 4.98. The summed E-state index contributed by atoms with van der Waals surface area (Å²) < 4.78 is 11.8. The van der Waals surface area contributed by atoms with Crippen LogP contribution in [0, 0.1) is 11.3 Å². The van der Waals surface area contributed by atoms with E-state index < -0.39 is 0 Å². The van der Waals surface area contributed by atoms with Crippen LogP contribution in [0.5, 0.6) is 11.5 Å². The number of hydrogen-bond acceptors (Lipinski definition) is 6. The van der Waals surface area contributed by atoms with Crippen molar-refractivity contribution in [2.24, 2.45) is 0 Å². The van der Waals surface area contributed by atoms with Gasteiger partial charge in [0.05, 0.1) is 7.11 Å². The molecule has 4 aromatic rings. The molecule has 0 spiro atoms. The van der Waals surface area contributed by atoms with E-state index in [0.717, 1.165) is 40.9 Å². The number of phenols is 1. The van der Waals surface area contributed by atoms with Crippen molar-refractivity contribution >= 4 is 5.88 Å². The molecule has 0 atom stereocenters. The Labute approximate surface area is 217 Å². The number of anilines is 1. The number of phenolic OH excluding ortho intramolecular Hbond substituents is 1. The van der Waals surface area contributed by atoms with Crippen molar-refractivity contribution in [3.05, 3.63) is 89.5 Å². The van der Waals surface area contributed by atoms with Crippen molar-refractivity contribution in [3.63, 3.8) is 0 Å². The molecule has 0 amide bonds. The van der Waals surface area contributed by atoms with E-state index in [1.54, 1.807) is 7.11 Å². The summed E-state index contributed by atoms with van der Waals surface area (Å²) in [6, 6.07) is 25.9. The highest BCUT2D eigenvalue weighted by atomic mass is 16.5. The van der Waals surface area contributed by atoms with E-state index in [1.165, 1.54) is 19.3 Å². The van der Waals surface area contributed by atoms with Crippen molar-refractivity contribution in [1.82, 2.24) is 4.90 Å². The molecule has 1 aliphatic rings.